The number of H-pyrrole nitrogens is 1. The van der Waals surface area contributed by atoms with Gasteiger partial charge in [-0.25, -0.2) is 23.5 Å². The summed E-state index contributed by atoms with van der Waals surface area (Å²) in [7, 11) is 3.25. The number of halogens is 2. The zero-order chi connectivity index (χ0) is 30.9. The number of pyridine rings is 3. The maximum atomic E-state index is 15.7. The molecule has 228 valence electrons. The van der Waals surface area contributed by atoms with Crippen LogP contribution in [-0.2, 0) is 7.05 Å². The van der Waals surface area contributed by atoms with Gasteiger partial charge in [0.1, 0.15) is 16.9 Å². The van der Waals surface area contributed by atoms with Gasteiger partial charge < -0.3 is 30.0 Å². The smallest absolute Gasteiger partial charge is 0.341 e. The number of aromatic nitrogens is 4. The van der Waals surface area contributed by atoms with Gasteiger partial charge in [0.2, 0.25) is 5.43 Å². The van der Waals surface area contributed by atoms with E-state index in [1.54, 1.807) is 32.6 Å². The monoisotopic (exact) mass is 603 g/mol. The number of aliphatic hydroxyl groups is 1. The second kappa shape index (κ2) is 10.5. The topological polar surface area (TPSA) is 140 Å². The molecule has 0 amide bonds. The Hall–Kier alpha value is -4.62. The van der Waals surface area contributed by atoms with E-state index in [0.29, 0.717) is 70.1 Å². The molecule has 4 aromatic heterocycles. The molecule has 11 nitrogen and oxygen atoms in total. The highest BCUT2D eigenvalue weighted by molar-refractivity contribution is 6.18. The number of hydrogen-bond acceptors (Lipinski definition) is 8. The third-order valence-electron chi connectivity index (χ3n) is 9.17. The summed E-state index contributed by atoms with van der Waals surface area (Å²) in [5.41, 5.74) is 2.11. The van der Waals surface area contributed by atoms with Crippen molar-refractivity contribution in [1.29, 1.82) is 0 Å². The van der Waals surface area contributed by atoms with Gasteiger partial charge in [-0.15, -0.1) is 0 Å². The molecule has 0 radical (unpaired) electrons. The van der Waals surface area contributed by atoms with E-state index in [1.165, 1.54) is 10.8 Å². The van der Waals surface area contributed by atoms with Gasteiger partial charge in [-0.1, -0.05) is 0 Å². The summed E-state index contributed by atoms with van der Waals surface area (Å²) in [6, 6.07) is 2.92. The molecule has 2 aliphatic heterocycles. The summed E-state index contributed by atoms with van der Waals surface area (Å²) < 4.78 is 32.2. The largest absolute Gasteiger partial charge is 0.477 e. The second-order valence-electron chi connectivity index (χ2n) is 11.6. The first-order valence-corrected chi connectivity index (χ1v) is 14.5. The number of aromatic carboxylic acids is 1. The van der Waals surface area contributed by atoms with Crippen LogP contribution in [0, 0.1) is 17.6 Å². The van der Waals surface area contributed by atoms with Crippen molar-refractivity contribution >= 4 is 50.3 Å². The van der Waals surface area contributed by atoms with Crippen molar-refractivity contribution in [2.24, 2.45) is 13.0 Å². The van der Waals surface area contributed by atoms with E-state index in [4.69, 9.17) is 0 Å². The first kappa shape index (κ1) is 28.2. The molecule has 1 aromatic carbocycles. The molecule has 5 aromatic rings. The molecule has 2 aliphatic rings. The SMILES string of the molecule is CNc1cc(F)c(F)c2c1[nH]c1ncc(-c3cnc4c(c3)c(=O)c(C(=O)O)cn4C)c(N3CC4CCN(CCCO)C4C3)c12. The Morgan fingerprint density at radius 1 is 1.18 bits per heavy atom. The standard InChI is InChI=1S/C31H31F2N7O4/c1-34-21-9-20(32)25(33)23-24-27(40-12-15-4-6-39(5-3-7-41)22(15)14-40)18(11-35-29(24)37-26(21)23)16-8-17-28(42)19(31(43)44)13-38(2)30(17)36-10-16/h8-11,13,15,22,34,41H,3-7,12,14H2,1-2H3,(H,35,37)(H,43,44). The molecule has 2 unspecified atom stereocenters. The molecule has 0 saturated carbocycles. The van der Waals surface area contributed by atoms with Crippen LogP contribution < -0.4 is 15.6 Å². The van der Waals surface area contributed by atoms with Crippen LogP contribution in [0.3, 0.4) is 0 Å². The Morgan fingerprint density at radius 3 is 2.75 bits per heavy atom. The lowest BCUT2D eigenvalue weighted by molar-refractivity contribution is 0.0695. The highest BCUT2D eigenvalue weighted by Gasteiger charge is 2.42. The predicted molar refractivity (Wildman–Crippen MR) is 163 cm³/mol. The van der Waals surface area contributed by atoms with E-state index in [9.17, 15) is 24.2 Å². The van der Waals surface area contributed by atoms with Crippen molar-refractivity contribution in [3.63, 3.8) is 0 Å². The minimum absolute atomic E-state index is 0.0701. The highest BCUT2D eigenvalue weighted by Crippen LogP contribution is 2.46. The highest BCUT2D eigenvalue weighted by atomic mass is 19.2. The van der Waals surface area contributed by atoms with E-state index in [1.807, 2.05) is 0 Å². The van der Waals surface area contributed by atoms with Crippen LogP contribution in [0.1, 0.15) is 23.2 Å². The zero-order valence-corrected chi connectivity index (χ0v) is 24.2. The minimum Gasteiger partial charge on any atom is -0.477 e. The second-order valence-corrected chi connectivity index (χ2v) is 11.6. The summed E-state index contributed by atoms with van der Waals surface area (Å²) in [4.78, 5) is 41.9. The molecule has 0 aliphatic carbocycles. The van der Waals surface area contributed by atoms with Crippen LogP contribution in [0.5, 0.6) is 0 Å². The number of aromatic amines is 1. The third kappa shape index (κ3) is 4.21. The molecule has 2 atom stereocenters. The summed E-state index contributed by atoms with van der Waals surface area (Å²) in [6.07, 6.45) is 6.11. The van der Waals surface area contributed by atoms with Gasteiger partial charge in [-0.05, 0) is 31.4 Å². The molecule has 2 fully saturated rings. The van der Waals surface area contributed by atoms with Crippen LogP contribution in [0.4, 0.5) is 20.2 Å². The number of nitrogens with one attached hydrogen (secondary N) is 2. The Kier molecular flexibility index (Phi) is 6.74. The van der Waals surface area contributed by atoms with E-state index in [-0.39, 0.29) is 29.0 Å². The van der Waals surface area contributed by atoms with E-state index >= 15 is 4.39 Å². The van der Waals surface area contributed by atoms with Crippen LogP contribution >= 0.6 is 0 Å². The normalized spacial score (nSPS) is 18.6. The maximum absolute atomic E-state index is 15.7. The molecule has 0 bridgehead atoms. The molecule has 2 saturated heterocycles. The number of nitrogens with zero attached hydrogens (tertiary/aromatic N) is 5. The molecule has 7 rings (SSSR count). The van der Waals surface area contributed by atoms with Crippen molar-refractivity contribution < 1.29 is 23.8 Å². The maximum Gasteiger partial charge on any atom is 0.341 e. The molecule has 13 heteroatoms. The first-order chi connectivity index (χ1) is 21.2. The molecule has 4 N–H and O–H groups in total. The molecular formula is C31H31F2N7O4. The van der Waals surface area contributed by atoms with Crippen molar-refractivity contribution in [1.82, 2.24) is 24.4 Å². The average molecular weight is 604 g/mol. The lowest BCUT2D eigenvalue weighted by Gasteiger charge is -2.27. The summed E-state index contributed by atoms with van der Waals surface area (Å²) in [5, 5.41) is 22.6. The number of rotatable bonds is 7. The lowest BCUT2D eigenvalue weighted by Crippen LogP contribution is -2.36. The number of carboxylic acid groups (broad SMARTS) is 1. The molecule has 6 heterocycles. The predicted octanol–water partition coefficient (Wildman–Crippen LogP) is 3.54. The zero-order valence-electron chi connectivity index (χ0n) is 24.2. The fourth-order valence-electron chi connectivity index (χ4n) is 7.13. The lowest BCUT2D eigenvalue weighted by atomic mass is 10.0. The van der Waals surface area contributed by atoms with Gasteiger partial charge in [0.05, 0.1) is 33.1 Å². The van der Waals surface area contributed by atoms with E-state index in [2.05, 4.69) is 30.1 Å². The number of likely N-dealkylation sites (tertiary alicyclic amines) is 1. The number of aryl methyl sites for hydroxylation is 1. The number of hydrogen-bond donors (Lipinski definition) is 4. The first-order valence-electron chi connectivity index (χ1n) is 14.5. The fraction of sp³-hybridized carbons (Fsp3) is 0.355. The van der Waals surface area contributed by atoms with Gasteiger partial charge in [0.25, 0.3) is 0 Å². The van der Waals surface area contributed by atoms with Gasteiger partial charge >= 0.3 is 5.97 Å². The van der Waals surface area contributed by atoms with E-state index < -0.39 is 23.0 Å². The molecular weight excluding hydrogens is 572 g/mol. The quantitative estimate of drug-likeness (QED) is 0.220. The minimum atomic E-state index is -1.34. The number of carboxylic acids is 1. The average Bonchev–Trinajstić information content (AvgIpc) is 3.72. The molecule has 44 heavy (non-hydrogen) atoms. The number of benzene rings is 1. The number of aliphatic hydroxyl groups excluding tert-OH is 1. The van der Waals surface area contributed by atoms with Crippen molar-refractivity contribution in [2.45, 2.75) is 18.9 Å². The van der Waals surface area contributed by atoms with Crippen molar-refractivity contribution in [2.75, 3.05) is 50.1 Å². The third-order valence-corrected chi connectivity index (χ3v) is 9.17. The van der Waals surface area contributed by atoms with Crippen molar-refractivity contribution in [3.05, 3.63) is 58.1 Å². The Balaban J connectivity index is 1.49. The van der Waals surface area contributed by atoms with Gasteiger partial charge in [-0.3, -0.25) is 9.69 Å². The summed E-state index contributed by atoms with van der Waals surface area (Å²) in [6.45, 7) is 3.10. The van der Waals surface area contributed by atoms with Gasteiger partial charge in [0.15, 0.2) is 11.6 Å². The fourth-order valence-corrected chi connectivity index (χ4v) is 7.13. The Labute approximate surface area is 249 Å². The number of carbonyl (C=O) groups is 1. The molecule has 0 spiro atoms. The van der Waals surface area contributed by atoms with Crippen LogP contribution in [-0.4, -0.2) is 86.5 Å². The van der Waals surface area contributed by atoms with Crippen molar-refractivity contribution in [3.8, 4) is 11.1 Å². The van der Waals surface area contributed by atoms with Crippen LogP contribution in [0.2, 0.25) is 0 Å². The van der Waals surface area contributed by atoms with E-state index in [0.717, 1.165) is 25.6 Å². The summed E-state index contributed by atoms with van der Waals surface area (Å²) >= 11 is 0. The summed E-state index contributed by atoms with van der Waals surface area (Å²) in [5.74, 6) is -2.99. The van der Waals surface area contributed by atoms with Crippen LogP contribution in [0.15, 0.2) is 35.5 Å². The Morgan fingerprint density at radius 2 is 2.00 bits per heavy atom. The number of fused-ring (bicyclic) bond motifs is 5. The van der Waals surface area contributed by atoms with Crippen LogP contribution in [0.25, 0.3) is 44.1 Å². The van der Waals surface area contributed by atoms with Gasteiger partial charge in [-0.2, -0.15) is 0 Å². The number of anilines is 2. The Bertz CT molecular complexity index is 2040. The van der Waals surface area contributed by atoms with Gasteiger partial charge in [0, 0.05) is 82.2 Å².